The van der Waals surface area contributed by atoms with E-state index in [0.717, 1.165) is 6.42 Å². The summed E-state index contributed by atoms with van der Waals surface area (Å²) in [4.78, 5) is 11.7. The second-order valence-corrected chi connectivity index (χ2v) is 4.68. The summed E-state index contributed by atoms with van der Waals surface area (Å²) in [6.45, 7) is 7.43. The molecule has 120 valence electrons. The minimum absolute atomic E-state index is 0.265. The Morgan fingerprint density at radius 1 is 1.05 bits per heavy atom. The van der Waals surface area contributed by atoms with Gasteiger partial charge in [-0.2, -0.15) is 0 Å². The summed E-state index contributed by atoms with van der Waals surface area (Å²) in [5.41, 5.74) is -0.692. The summed E-state index contributed by atoms with van der Waals surface area (Å²) in [5.74, 6) is -0.265. The van der Waals surface area contributed by atoms with Crippen molar-refractivity contribution in [2.45, 2.75) is 32.2 Å². The highest BCUT2D eigenvalue weighted by Crippen LogP contribution is 2.11. The van der Waals surface area contributed by atoms with Gasteiger partial charge in [-0.05, 0) is 26.3 Å². The van der Waals surface area contributed by atoms with Crippen LogP contribution in [0.4, 0.5) is 0 Å². The first-order valence-electron chi connectivity index (χ1n) is 7.08. The van der Waals surface area contributed by atoms with Crippen molar-refractivity contribution in [3.63, 3.8) is 0 Å². The molecule has 0 aliphatic heterocycles. The van der Waals surface area contributed by atoms with Gasteiger partial charge in [0.05, 0.1) is 20.3 Å². The van der Waals surface area contributed by atoms with Gasteiger partial charge in [-0.3, -0.25) is 4.79 Å². The molecule has 1 atom stereocenters. The first-order valence-corrected chi connectivity index (χ1v) is 7.08. The molecule has 0 radical (unpaired) electrons. The van der Waals surface area contributed by atoms with Gasteiger partial charge in [0.1, 0.15) is 5.54 Å². The highest BCUT2D eigenvalue weighted by atomic mass is 16.5. The van der Waals surface area contributed by atoms with E-state index in [1.54, 1.807) is 7.11 Å². The van der Waals surface area contributed by atoms with Crippen LogP contribution in [0.1, 0.15) is 26.7 Å². The molecule has 1 unspecified atom stereocenters. The Hall–Kier alpha value is -0.690. The van der Waals surface area contributed by atoms with Gasteiger partial charge in [0.15, 0.2) is 0 Å². The minimum atomic E-state index is -0.692. The largest absolute Gasteiger partial charge is 0.468 e. The van der Waals surface area contributed by atoms with E-state index >= 15 is 0 Å². The number of hydrogen-bond acceptors (Lipinski definition) is 6. The molecule has 6 nitrogen and oxygen atoms in total. The number of carbonyl (C=O) groups is 1. The van der Waals surface area contributed by atoms with Crippen LogP contribution in [0.25, 0.3) is 0 Å². The van der Waals surface area contributed by atoms with Crippen LogP contribution in [-0.4, -0.2) is 65.3 Å². The van der Waals surface area contributed by atoms with Crippen LogP contribution in [0.15, 0.2) is 0 Å². The van der Waals surface area contributed by atoms with Crippen molar-refractivity contribution in [3.8, 4) is 0 Å². The molecule has 0 saturated heterocycles. The summed E-state index contributed by atoms with van der Waals surface area (Å²) in [6, 6.07) is 0. The van der Waals surface area contributed by atoms with E-state index in [9.17, 15) is 4.79 Å². The zero-order valence-electron chi connectivity index (χ0n) is 13.2. The van der Waals surface area contributed by atoms with Crippen LogP contribution in [0.3, 0.4) is 0 Å². The Kier molecular flexibility index (Phi) is 11.7. The van der Waals surface area contributed by atoms with E-state index in [1.165, 1.54) is 7.11 Å². The maximum atomic E-state index is 11.7. The average Bonchev–Trinajstić information content (AvgIpc) is 2.45. The molecule has 0 fully saturated rings. The quantitative estimate of drug-likeness (QED) is 0.403. The molecule has 0 amide bonds. The molecule has 0 bridgehead atoms. The fourth-order valence-electron chi connectivity index (χ4n) is 1.78. The van der Waals surface area contributed by atoms with Crippen LogP contribution in [-0.2, 0) is 23.7 Å². The lowest BCUT2D eigenvalue weighted by molar-refractivity contribution is -0.148. The Balaban J connectivity index is 3.67. The molecular weight excluding hydrogens is 262 g/mol. The number of hydrogen-bond donors (Lipinski definition) is 1. The normalized spacial score (nSPS) is 14.0. The summed E-state index contributed by atoms with van der Waals surface area (Å²) in [5, 5.41) is 3.14. The summed E-state index contributed by atoms with van der Waals surface area (Å²) >= 11 is 0. The standard InChI is InChI=1S/C14H29NO5/c1-5-15-14(2,13(16)18-4)7-10-20-12-11-19-9-6-8-17-3/h15H,5-12H2,1-4H3. The molecule has 0 aliphatic rings. The molecule has 6 heteroatoms. The van der Waals surface area contributed by atoms with Crippen LogP contribution >= 0.6 is 0 Å². The SMILES string of the molecule is CCNC(C)(CCOCCOCCCOC)C(=O)OC. The number of nitrogens with one attached hydrogen (secondary N) is 1. The smallest absolute Gasteiger partial charge is 0.325 e. The number of rotatable bonds is 13. The monoisotopic (exact) mass is 291 g/mol. The van der Waals surface area contributed by atoms with Crippen molar-refractivity contribution < 1.29 is 23.7 Å². The number of esters is 1. The van der Waals surface area contributed by atoms with Gasteiger partial charge in [-0.1, -0.05) is 6.92 Å². The van der Waals surface area contributed by atoms with E-state index < -0.39 is 5.54 Å². The van der Waals surface area contributed by atoms with Crippen LogP contribution in [0.5, 0.6) is 0 Å². The Bertz CT molecular complexity index is 250. The van der Waals surface area contributed by atoms with Gasteiger partial charge in [0.25, 0.3) is 0 Å². The lowest BCUT2D eigenvalue weighted by Crippen LogP contribution is -2.50. The van der Waals surface area contributed by atoms with Gasteiger partial charge in [-0.15, -0.1) is 0 Å². The second kappa shape index (κ2) is 12.1. The Morgan fingerprint density at radius 3 is 2.25 bits per heavy atom. The zero-order chi connectivity index (χ0) is 15.3. The van der Waals surface area contributed by atoms with E-state index in [0.29, 0.717) is 46.0 Å². The molecule has 0 heterocycles. The number of ether oxygens (including phenoxy) is 4. The van der Waals surface area contributed by atoms with Gasteiger partial charge in [0, 0.05) is 26.9 Å². The zero-order valence-corrected chi connectivity index (χ0v) is 13.2. The summed E-state index contributed by atoms with van der Waals surface area (Å²) in [6.07, 6.45) is 1.45. The minimum Gasteiger partial charge on any atom is -0.468 e. The van der Waals surface area contributed by atoms with Crippen molar-refractivity contribution in [3.05, 3.63) is 0 Å². The van der Waals surface area contributed by atoms with Crippen molar-refractivity contribution in [1.29, 1.82) is 0 Å². The number of carbonyl (C=O) groups excluding carboxylic acids is 1. The van der Waals surface area contributed by atoms with Crippen LogP contribution in [0.2, 0.25) is 0 Å². The number of methoxy groups -OCH3 is 2. The van der Waals surface area contributed by atoms with E-state index in [2.05, 4.69) is 5.32 Å². The second-order valence-electron chi connectivity index (χ2n) is 4.68. The molecule has 0 aromatic rings. The van der Waals surface area contributed by atoms with Crippen LogP contribution < -0.4 is 5.32 Å². The van der Waals surface area contributed by atoms with E-state index in [4.69, 9.17) is 18.9 Å². The maximum absolute atomic E-state index is 11.7. The molecule has 0 saturated carbocycles. The van der Waals surface area contributed by atoms with Crippen molar-refractivity contribution in [2.24, 2.45) is 0 Å². The lowest BCUT2D eigenvalue weighted by Gasteiger charge is -2.27. The predicted octanol–water partition coefficient (Wildman–Crippen LogP) is 0.987. The molecule has 0 aliphatic carbocycles. The third kappa shape index (κ3) is 8.47. The highest BCUT2D eigenvalue weighted by molar-refractivity contribution is 5.80. The lowest BCUT2D eigenvalue weighted by atomic mass is 9.98. The highest BCUT2D eigenvalue weighted by Gasteiger charge is 2.32. The molecule has 0 rings (SSSR count). The predicted molar refractivity (Wildman–Crippen MR) is 76.8 cm³/mol. The first kappa shape index (κ1) is 19.3. The summed E-state index contributed by atoms with van der Waals surface area (Å²) in [7, 11) is 3.07. The Labute approximate surface area is 122 Å². The maximum Gasteiger partial charge on any atom is 0.325 e. The fourth-order valence-corrected chi connectivity index (χ4v) is 1.78. The molecular formula is C14H29NO5. The third-order valence-electron chi connectivity index (χ3n) is 2.96. The first-order chi connectivity index (χ1) is 9.60. The van der Waals surface area contributed by atoms with Crippen LogP contribution in [0, 0.1) is 0 Å². The third-order valence-corrected chi connectivity index (χ3v) is 2.96. The van der Waals surface area contributed by atoms with Crippen molar-refractivity contribution in [2.75, 3.05) is 53.8 Å². The number of likely N-dealkylation sites (N-methyl/N-ethyl adjacent to an activating group) is 1. The Morgan fingerprint density at radius 2 is 1.70 bits per heavy atom. The van der Waals surface area contributed by atoms with Gasteiger partial charge >= 0.3 is 5.97 Å². The topological polar surface area (TPSA) is 66.0 Å². The molecule has 1 N–H and O–H groups in total. The van der Waals surface area contributed by atoms with E-state index in [-0.39, 0.29) is 5.97 Å². The van der Waals surface area contributed by atoms with E-state index in [1.807, 2.05) is 13.8 Å². The molecule has 0 aromatic heterocycles. The molecule has 0 spiro atoms. The average molecular weight is 291 g/mol. The van der Waals surface area contributed by atoms with Crippen molar-refractivity contribution >= 4 is 5.97 Å². The van der Waals surface area contributed by atoms with Gasteiger partial charge < -0.3 is 24.3 Å². The van der Waals surface area contributed by atoms with Gasteiger partial charge in [-0.25, -0.2) is 0 Å². The summed E-state index contributed by atoms with van der Waals surface area (Å²) < 4.78 is 20.6. The van der Waals surface area contributed by atoms with Crippen molar-refractivity contribution in [1.82, 2.24) is 5.32 Å². The molecule has 0 aromatic carbocycles. The fraction of sp³-hybridized carbons (Fsp3) is 0.929. The molecule has 20 heavy (non-hydrogen) atoms. The van der Waals surface area contributed by atoms with Gasteiger partial charge in [0.2, 0.25) is 0 Å².